The Morgan fingerprint density at radius 2 is 2.22 bits per heavy atom. The van der Waals surface area contributed by atoms with E-state index >= 15 is 0 Å². The zero-order valence-corrected chi connectivity index (χ0v) is 9.88. The Morgan fingerprint density at radius 3 is 2.83 bits per heavy atom. The fraction of sp³-hybridized carbons (Fsp3) is 0.111. The van der Waals surface area contributed by atoms with Crippen LogP contribution in [0.15, 0.2) is 34.0 Å². The van der Waals surface area contributed by atoms with Gasteiger partial charge in [0.25, 0.3) is 0 Å². The van der Waals surface area contributed by atoms with E-state index in [9.17, 15) is 13.5 Å². The van der Waals surface area contributed by atoms with Crippen molar-refractivity contribution in [2.24, 2.45) is 0 Å². The summed E-state index contributed by atoms with van der Waals surface area (Å²) < 4.78 is 30.5. The van der Waals surface area contributed by atoms with Gasteiger partial charge in [-0.3, -0.25) is 0 Å². The van der Waals surface area contributed by atoms with Gasteiger partial charge in [-0.05, 0) is 18.2 Å². The number of phenols is 1. The molecule has 0 aliphatic heterocycles. The van der Waals surface area contributed by atoms with E-state index < -0.39 is 10.0 Å². The molecule has 0 unspecified atom stereocenters. The first-order chi connectivity index (χ1) is 8.49. The number of aromatic nitrogens is 2. The molecular weight excluding hydrogens is 260 g/mol. The van der Waals surface area contributed by atoms with Crippen molar-refractivity contribution in [2.75, 3.05) is 5.73 Å². The molecule has 0 bridgehead atoms. The summed E-state index contributed by atoms with van der Waals surface area (Å²) in [6.07, 6.45) is 1.10. The number of benzene rings is 1. The van der Waals surface area contributed by atoms with Crippen LogP contribution in [-0.4, -0.2) is 23.7 Å². The van der Waals surface area contributed by atoms with E-state index in [0.717, 1.165) is 12.5 Å². The summed E-state index contributed by atoms with van der Waals surface area (Å²) in [7, 11) is -3.74. The van der Waals surface area contributed by atoms with Gasteiger partial charge in [-0.2, -0.15) is 4.98 Å². The van der Waals surface area contributed by atoms with Crippen LogP contribution in [0.1, 0.15) is 5.82 Å². The number of hydrogen-bond donors (Lipinski definition) is 3. The average molecular weight is 270 g/mol. The van der Waals surface area contributed by atoms with Crippen molar-refractivity contribution >= 4 is 15.7 Å². The van der Waals surface area contributed by atoms with E-state index in [4.69, 9.17) is 5.73 Å². The summed E-state index contributed by atoms with van der Waals surface area (Å²) in [6.45, 7) is -0.0976. The summed E-state index contributed by atoms with van der Waals surface area (Å²) in [5.74, 6) is 0.0393. The third-order valence-corrected chi connectivity index (χ3v) is 3.54. The number of aromatic hydroxyl groups is 1. The third-order valence-electron chi connectivity index (χ3n) is 2.14. The SMILES string of the molecule is Nc1cc(S(=O)(=O)NCc2ncon2)ccc1O. The number of nitrogens with one attached hydrogen (secondary N) is 1. The number of sulfonamides is 1. The highest BCUT2D eigenvalue weighted by Gasteiger charge is 2.16. The molecule has 0 saturated heterocycles. The van der Waals surface area contributed by atoms with E-state index in [1.165, 1.54) is 12.1 Å². The zero-order chi connectivity index (χ0) is 13.2. The van der Waals surface area contributed by atoms with Crippen LogP contribution >= 0.6 is 0 Å². The minimum absolute atomic E-state index is 0.0163. The first kappa shape index (κ1) is 12.3. The van der Waals surface area contributed by atoms with Gasteiger partial charge >= 0.3 is 0 Å². The molecule has 4 N–H and O–H groups in total. The summed E-state index contributed by atoms with van der Waals surface area (Å²) >= 11 is 0. The van der Waals surface area contributed by atoms with Crippen LogP contribution < -0.4 is 10.5 Å². The van der Waals surface area contributed by atoms with Crippen LogP contribution in [0.4, 0.5) is 5.69 Å². The van der Waals surface area contributed by atoms with Crippen LogP contribution in [0.2, 0.25) is 0 Å². The molecule has 8 nitrogen and oxygen atoms in total. The van der Waals surface area contributed by atoms with E-state index in [2.05, 4.69) is 19.4 Å². The smallest absolute Gasteiger partial charge is 0.241 e. The van der Waals surface area contributed by atoms with Crippen LogP contribution in [0, 0.1) is 0 Å². The summed E-state index contributed by atoms with van der Waals surface area (Å²) in [5, 5.41) is 12.7. The predicted octanol–water partition coefficient (Wildman–Crippen LogP) is -0.164. The maximum Gasteiger partial charge on any atom is 0.241 e. The van der Waals surface area contributed by atoms with Gasteiger partial charge in [0, 0.05) is 0 Å². The number of phenolic OH excluding ortho intramolecular Hbond substituents is 1. The van der Waals surface area contributed by atoms with Crippen LogP contribution in [0.3, 0.4) is 0 Å². The van der Waals surface area contributed by atoms with Crippen molar-refractivity contribution < 1.29 is 18.0 Å². The van der Waals surface area contributed by atoms with Gasteiger partial charge in [-0.1, -0.05) is 5.16 Å². The van der Waals surface area contributed by atoms with Crippen molar-refractivity contribution in [3.05, 3.63) is 30.4 Å². The van der Waals surface area contributed by atoms with Crippen LogP contribution in [0.5, 0.6) is 5.75 Å². The van der Waals surface area contributed by atoms with E-state index in [1.807, 2.05) is 0 Å². The van der Waals surface area contributed by atoms with Gasteiger partial charge in [0.05, 0.1) is 17.1 Å². The maximum atomic E-state index is 11.9. The number of hydrogen-bond acceptors (Lipinski definition) is 7. The minimum atomic E-state index is -3.74. The summed E-state index contributed by atoms with van der Waals surface area (Å²) in [6, 6.07) is 3.61. The molecule has 1 aromatic heterocycles. The van der Waals surface area contributed by atoms with Crippen molar-refractivity contribution in [2.45, 2.75) is 11.4 Å². The Bertz CT molecular complexity index is 639. The van der Waals surface area contributed by atoms with Gasteiger partial charge in [-0.25, -0.2) is 13.1 Å². The summed E-state index contributed by atoms with van der Waals surface area (Å²) in [5.41, 5.74) is 5.41. The minimum Gasteiger partial charge on any atom is -0.506 e. The predicted molar refractivity (Wildman–Crippen MR) is 60.8 cm³/mol. The van der Waals surface area contributed by atoms with Gasteiger partial charge in [0.2, 0.25) is 16.4 Å². The van der Waals surface area contributed by atoms with E-state index in [1.54, 1.807) is 0 Å². The molecule has 0 amide bonds. The normalized spacial score (nSPS) is 11.6. The lowest BCUT2D eigenvalue weighted by atomic mass is 10.3. The molecule has 0 aliphatic rings. The van der Waals surface area contributed by atoms with Gasteiger partial charge in [0.1, 0.15) is 5.75 Å². The number of nitrogens with two attached hydrogens (primary N) is 1. The highest BCUT2D eigenvalue weighted by molar-refractivity contribution is 7.89. The Labute approximate surface area is 102 Å². The Morgan fingerprint density at radius 1 is 1.44 bits per heavy atom. The quantitative estimate of drug-likeness (QED) is 0.519. The van der Waals surface area contributed by atoms with Gasteiger partial charge in [0.15, 0.2) is 5.82 Å². The molecular formula is C9H10N4O4S. The number of nitrogens with zero attached hydrogens (tertiary/aromatic N) is 2. The van der Waals surface area contributed by atoms with Crippen molar-refractivity contribution in [1.82, 2.24) is 14.9 Å². The van der Waals surface area contributed by atoms with Crippen molar-refractivity contribution in [1.29, 1.82) is 0 Å². The maximum absolute atomic E-state index is 11.9. The fourth-order valence-electron chi connectivity index (χ4n) is 1.21. The molecule has 2 rings (SSSR count). The number of anilines is 1. The first-order valence-electron chi connectivity index (χ1n) is 4.82. The van der Waals surface area contributed by atoms with Crippen molar-refractivity contribution in [3.8, 4) is 5.75 Å². The third kappa shape index (κ3) is 2.57. The molecule has 9 heteroatoms. The lowest BCUT2D eigenvalue weighted by molar-refractivity contribution is 0.409. The average Bonchev–Trinajstić information content (AvgIpc) is 2.83. The molecule has 1 aromatic carbocycles. The molecule has 2 aromatic rings. The Balaban J connectivity index is 2.17. The highest BCUT2D eigenvalue weighted by Crippen LogP contribution is 2.22. The Kier molecular flexibility index (Phi) is 3.17. The number of rotatable bonds is 4. The molecule has 0 radical (unpaired) electrons. The second kappa shape index (κ2) is 4.63. The second-order valence-corrected chi connectivity index (χ2v) is 5.16. The zero-order valence-electron chi connectivity index (χ0n) is 9.07. The largest absolute Gasteiger partial charge is 0.506 e. The topological polar surface area (TPSA) is 131 Å². The summed E-state index contributed by atoms with van der Waals surface area (Å²) in [4.78, 5) is 3.62. The van der Waals surface area contributed by atoms with E-state index in [-0.39, 0.29) is 28.7 Å². The molecule has 0 saturated carbocycles. The van der Waals surface area contributed by atoms with Crippen molar-refractivity contribution in [3.63, 3.8) is 0 Å². The molecule has 0 aliphatic carbocycles. The lowest BCUT2D eigenvalue weighted by Gasteiger charge is -2.06. The Hall–Kier alpha value is -2.13. The molecule has 18 heavy (non-hydrogen) atoms. The highest BCUT2D eigenvalue weighted by atomic mass is 32.2. The molecule has 0 spiro atoms. The van der Waals surface area contributed by atoms with Crippen LogP contribution in [0.25, 0.3) is 0 Å². The second-order valence-electron chi connectivity index (χ2n) is 3.39. The molecule has 0 fully saturated rings. The lowest BCUT2D eigenvalue weighted by Crippen LogP contribution is -2.23. The molecule has 96 valence electrons. The van der Waals surface area contributed by atoms with Crippen LogP contribution in [-0.2, 0) is 16.6 Å². The monoisotopic (exact) mass is 270 g/mol. The standard InChI is InChI=1S/C9H10N4O4S/c10-7-3-6(1-2-8(7)14)18(15,16)12-4-9-11-5-17-13-9/h1-3,5,12,14H,4,10H2. The van der Waals surface area contributed by atoms with Gasteiger partial charge < -0.3 is 15.4 Å². The van der Waals surface area contributed by atoms with Gasteiger partial charge in [-0.15, -0.1) is 0 Å². The molecule has 1 heterocycles. The number of nitrogen functional groups attached to an aromatic ring is 1. The van der Waals surface area contributed by atoms with E-state index in [0.29, 0.717) is 0 Å². The molecule has 0 atom stereocenters. The fourth-order valence-corrected chi connectivity index (χ4v) is 2.23. The first-order valence-corrected chi connectivity index (χ1v) is 6.31.